The quantitative estimate of drug-likeness (QED) is 0.342. The molecule has 0 saturated heterocycles. The SMILES string of the molecule is Cc1cccc(S(=O)(=O)NCCCC(=O)O)c1N[C@H](Cc1cnc[nH]1)C(=O)O. The molecule has 0 saturated carbocycles. The number of aryl methyl sites for hydroxylation is 1. The number of benzene rings is 1. The molecule has 2 aromatic rings. The lowest BCUT2D eigenvalue weighted by atomic mass is 10.1. The molecule has 5 N–H and O–H groups in total. The minimum absolute atomic E-state index is 0.0431. The summed E-state index contributed by atoms with van der Waals surface area (Å²) in [5, 5.41) is 21.0. The van der Waals surface area contributed by atoms with Gasteiger partial charge in [-0.15, -0.1) is 0 Å². The lowest BCUT2D eigenvalue weighted by Gasteiger charge is -2.20. The average Bonchev–Trinajstić information content (AvgIpc) is 3.12. The second kappa shape index (κ2) is 9.33. The first-order valence-corrected chi connectivity index (χ1v) is 9.96. The molecule has 28 heavy (non-hydrogen) atoms. The van der Waals surface area contributed by atoms with Crippen molar-refractivity contribution in [1.82, 2.24) is 14.7 Å². The number of rotatable bonds is 11. The number of anilines is 1. The highest BCUT2D eigenvalue weighted by Crippen LogP contribution is 2.26. The molecule has 152 valence electrons. The Morgan fingerprint density at radius 3 is 2.64 bits per heavy atom. The smallest absolute Gasteiger partial charge is 0.326 e. The summed E-state index contributed by atoms with van der Waals surface area (Å²) in [5.74, 6) is -2.16. The van der Waals surface area contributed by atoms with E-state index in [1.807, 2.05) is 0 Å². The fraction of sp³-hybridized carbons (Fsp3) is 0.353. The molecule has 0 fully saturated rings. The number of H-pyrrole nitrogens is 1. The van der Waals surface area contributed by atoms with Gasteiger partial charge in [-0.2, -0.15) is 0 Å². The summed E-state index contributed by atoms with van der Waals surface area (Å²) >= 11 is 0. The highest BCUT2D eigenvalue weighted by atomic mass is 32.2. The van der Waals surface area contributed by atoms with Gasteiger partial charge in [0.1, 0.15) is 10.9 Å². The number of nitrogens with zero attached hydrogens (tertiary/aromatic N) is 1. The third-order valence-electron chi connectivity index (χ3n) is 3.98. The number of imidazole rings is 1. The molecule has 0 bridgehead atoms. The summed E-state index contributed by atoms with van der Waals surface area (Å²) in [6, 6.07) is 3.50. The van der Waals surface area contributed by atoms with Crippen molar-refractivity contribution in [2.24, 2.45) is 0 Å². The second-order valence-corrected chi connectivity index (χ2v) is 7.89. The molecule has 0 amide bonds. The molecule has 0 unspecified atom stereocenters. The van der Waals surface area contributed by atoms with Gasteiger partial charge in [-0.3, -0.25) is 4.79 Å². The number of para-hydroxylation sites is 1. The topological polar surface area (TPSA) is 161 Å². The van der Waals surface area contributed by atoms with Gasteiger partial charge in [-0.25, -0.2) is 22.9 Å². The number of carbonyl (C=O) groups is 2. The first-order valence-electron chi connectivity index (χ1n) is 8.48. The van der Waals surface area contributed by atoms with Crippen LogP contribution in [0.15, 0.2) is 35.6 Å². The van der Waals surface area contributed by atoms with Crippen molar-refractivity contribution in [2.45, 2.75) is 37.1 Å². The van der Waals surface area contributed by atoms with E-state index in [0.29, 0.717) is 11.3 Å². The number of sulfonamides is 1. The third kappa shape index (κ3) is 5.79. The molecule has 0 aliphatic rings. The zero-order chi connectivity index (χ0) is 20.7. The molecule has 2 rings (SSSR count). The largest absolute Gasteiger partial charge is 0.481 e. The highest BCUT2D eigenvalue weighted by Gasteiger charge is 2.25. The van der Waals surface area contributed by atoms with Gasteiger partial charge in [0.05, 0.1) is 12.0 Å². The second-order valence-electron chi connectivity index (χ2n) is 6.16. The van der Waals surface area contributed by atoms with Crippen LogP contribution in [-0.4, -0.2) is 53.1 Å². The van der Waals surface area contributed by atoms with Gasteiger partial charge in [-0.1, -0.05) is 12.1 Å². The molecule has 1 aromatic carbocycles. The van der Waals surface area contributed by atoms with E-state index in [4.69, 9.17) is 5.11 Å². The predicted octanol–water partition coefficient (Wildman–Crippen LogP) is 0.969. The van der Waals surface area contributed by atoms with Crippen LogP contribution >= 0.6 is 0 Å². The Morgan fingerprint density at radius 1 is 1.29 bits per heavy atom. The summed E-state index contributed by atoms with van der Waals surface area (Å²) in [5.41, 5.74) is 1.33. The van der Waals surface area contributed by atoms with Gasteiger partial charge in [0, 0.05) is 31.3 Å². The lowest BCUT2D eigenvalue weighted by Crippen LogP contribution is -2.33. The molecule has 1 heterocycles. The van der Waals surface area contributed by atoms with Crippen LogP contribution in [0.25, 0.3) is 0 Å². The Hall–Kier alpha value is -2.92. The van der Waals surface area contributed by atoms with Crippen LogP contribution in [0.3, 0.4) is 0 Å². The Labute approximate surface area is 162 Å². The number of carboxylic acid groups (broad SMARTS) is 2. The summed E-state index contributed by atoms with van der Waals surface area (Å²) in [6.07, 6.45) is 2.98. The van der Waals surface area contributed by atoms with Gasteiger partial charge in [0.15, 0.2) is 0 Å². The van der Waals surface area contributed by atoms with Crippen LogP contribution in [0.4, 0.5) is 5.69 Å². The average molecular weight is 410 g/mol. The van der Waals surface area contributed by atoms with E-state index in [2.05, 4.69) is 20.0 Å². The summed E-state index contributed by atoms with van der Waals surface area (Å²) < 4.78 is 27.7. The first kappa shape index (κ1) is 21.4. The van der Waals surface area contributed by atoms with Crippen molar-refractivity contribution in [3.05, 3.63) is 42.0 Å². The monoisotopic (exact) mass is 410 g/mol. The normalized spacial score (nSPS) is 12.5. The van der Waals surface area contributed by atoms with Gasteiger partial charge >= 0.3 is 11.9 Å². The molecule has 1 aromatic heterocycles. The van der Waals surface area contributed by atoms with Gasteiger partial charge in [-0.05, 0) is 25.0 Å². The maximum Gasteiger partial charge on any atom is 0.326 e. The number of nitrogens with one attached hydrogen (secondary N) is 3. The number of hydrogen-bond acceptors (Lipinski definition) is 6. The first-order chi connectivity index (χ1) is 13.2. The molecular weight excluding hydrogens is 388 g/mol. The van der Waals surface area contributed by atoms with E-state index in [9.17, 15) is 23.1 Å². The summed E-state index contributed by atoms with van der Waals surface area (Å²) in [6.45, 7) is 1.62. The van der Waals surface area contributed by atoms with Crippen molar-refractivity contribution in [3.63, 3.8) is 0 Å². The molecule has 0 aliphatic heterocycles. The van der Waals surface area contributed by atoms with Gasteiger partial charge in [0.2, 0.25) is 10.0 Å². The van der Waals surface area contributed by atoms with E-state index < -0.39 is 28.0 Å². The van der Waals surface area contributed by atoms with Gasteiger partial charge < -0.3 is 20.5 Å². The van der Waals surface area contributed by atoms with Crippen molar-refractivity contribution in [3.8, 4) is 0 Å². The Balaban J connectivity index is 2.24. The van der Waals surface area contributed by atoms with Crippen molar-refractivity contribution < 1.29 is 28.2 Å². The molecule has 0 aliphatic carbocycles. The van der Waals surface area contributed by atoms with E-state index in [-0.39, 0.29) is 36.4 Å². The van der Waals surface area contributed by atoms with Crippen molar-refractivity contribution >= 4 is 27.6 Å². The Bertz CT molecular complexity index is 927. The van der Waals surface area contributed by atoms with Crippen LogP contribution < -0.4 is 10.0 Å². The minimum atomic E-state index is -3.96. The van der Waals surface area contributed by atoms with Gasteiger partial charge in [0.25, 0.3) is 0 Å². The Morgan fingerprint density at radius 2 is 2.04 bits per heavy atom. The predicted molar refractivity (Wildman–Crippen MR) is 101 cm³/mol. The lowest BCUT2D eigenvalue weighted by molar-refractivity contribution is -0.138. The number of aliphatic carboxylic acids is 2. The number of hydrogen-bond donors (Lipinski definition) is 5. The molecule has 10 nitrogen and oxygen atoms in total. The summed E-state index contributed by atoms with van der Waals surface area (Å²) in [4.78, 5) is 28.8. The maximum atomic E-state index is 12.7. The fourth-order valence-electron chi connectivity index (χ4n) is 2.56. The number of aromatic nitrogens is 2. The molecule has 0 spiro atoms. The van der Waals surface area contributed by atoms with Crippen LogP contribution in [-0.2, 0) is 26.0 Å². The van der Waals surface area contributed by atoms with E-state index in [0.717, 1.165) is 0 Å². The molecule has 0 radical (unpaired) electrons. The number of aromatic amines is 1. The zero-order valence-electron chi connectivity index (χ0n) is 15.2. The van der Waals surface area contributed by atoms with Crippen LogP contribution in [0.5, 0.6) is 0 Å². The molecule has 11 heteroatoms. The van der Waals surface area contributed by atoms with E-state index in [1.165, 1.54) is 18.6 Å². The van der Waals surface area contributed by atoms with Crippen molar-refractivity contribution in [1.29, 1.82) is 0 Å². The summed E-state index contributed by atoms with van der Waals surface area (Å²) in [7, 11) is -3.96. The van der Waals surface area contributed by atoms with Crippen molar-refractivity contribution in [2.75, 3.05) is 11.9 Å². The maximum absolute atomic E-state index is 12.7. The van der Waals surface area contributed by atoms with E-state index >= 15 is 0 Å². The standard InChI is InChI=1S/C17H22N4O6S/c1-11-4-2-5-14(28(26,27)20-7-3-6-15(22)23)16(11)21-13(17(24)25)8-12-9-18-10-19-12/h2,4-5,9-10,13,20-21H,3,6-8H2,1H3,(H,18,19)(H,22,23)(H,24,25)/t13-/m1/s1. The number of carboxylic acids is 2. The highest BCUT2D eigenvalue weighted by molar-refractivity contribution is 7.89. The Kier molecular flexibility index (Phi) is 7.12. The van der Waals surface area contributed by atoms with Crippen LogP contribution in [0.2, 0.25) is 0 Å². The third-order valence-corrected chi connectivity index (χ3v) is 5.48. The minimum Gasteiger partial charge on any atom is -0.481 e. The molecule has 1 atom stereocenters. The van der Waals surface area contributed by atoms with Crippen LogP contribution in [0.1, 0.15) is 24.1 Å². The van der Waals surface area contributed by atoms with E-state index in [1.54, 1.807) is 19.1 Å². The molecular formula is C17H22N4O6S. The zero-order valence-corrected chi connectivity index (χ0v) is 16.0. The fourth-order valence-corrected chi connectivity index (χ4v) is 3.88. The van der Waals surface area contributed by atoms with Crippen LogP contribution in [0, 0.1) is 6.92 Å².